The minimum absolute atomic E-state index is 0.00767. The molecule has 12 heteroatoms. The molecule has 4 heterocycles. The van der Waals surface area contributed by atoms with E-state index < -0.39 is 12.5 Å². The van der Waals surface area contributed by atoms with E-state index in [1.54, 1.807) is 12.1 Å². The maximum absolute atomic E-state index is 14.5. The topological polar surface area (TPSA) is 146 Å². The number of nitrogen functional groups attached to an aromatic ring is 2. The van der Waals surface area contributed by atoms with E-state index in [2.05, 4.69) is 25.4 Å². The summed E-state index contributed by atoms with van der Waals surface area (Å²) in [5, 5.41) is 21.0. The predicted molar refractivity (Wildman–Crippen MR) is 116 cm³/mol. The van der Waals surface area contributed by atoms with E-state index in [4.69, 9.17) is 11.5 Å². The first kappa shape index (κ1) is 21.8. The Kier molecular flexibility index (Phi) is 5.87. The average molecular weight is 445 g/mol. The van der Waals surface area contributed by atoms with Crippen molar-refractivity contribution in [3.05, 3.63) is 24.1 Å². The number of alkyl halides is 1. The first-order valence-electron chi connectivity index (χ1n) is 10.4. The molecule has 1 aliphatic carbocycles. The molecule has 5 rings (SSSR count). The van der Waals surface area contributed by atoms with Crippen molar-refractivity contribution < 1.29 is 13.9 Å². The minimum Gasteiger partial charge on any atom is -0.390 e. The summed E-state index contributed by atoms with van der Waals surface area (Å²) in [4.78, 5) is 8.20. The van der Waals surface area contributed by atoms with E-state index in [0.717, 1.165) is 19.0 Å². The molecule has 4 aromatic heterocycles. The molecule has 1 saturated carbocycles. The molecule has 10 nitrogen and oxygen atoms in total. The number of nitrogens with zero attached hydrogens (tertiary/aromatic N) is 7. The SMILES string of the molecule is CC1(O)CCCCC1.Nc1nc(N)c2c(-c3ccc4nnn(CCF)c4n3)c(F)cn2n1. The third kappa shape index (κ3) is 4.31. The van der Waals surface area contributed by atoms with Crippen LogP contribution >= 0.6 is 0 Å². The zero-order valence-electron chi connectivity index (χ0n) is 17.7. The highest BCUT2D eigenvalue weighted by Crippen LogP contribution is 2.31. The van der Waals surface area contributed by atoms with E-state index in [1.807, 2.05) is 6.92 Å². The fraction of sp³-hybridized carbons (Fsp3) is 0.450. The molecule has 0 bridgehead atoms. The van der Waals surface area contributed by atoms with Gasteiger partial charge in [0.25, 0.3) is 0 Å². The van der Waals surface area contributed by atoms with Crippen LogP contribution in [0.3, 0.4) is 0 Å². The van der Waals surface area contributed by atoms with Crippen LogP contribution in [0.1, 0.15) is 39.0 Å². The first-order valence-corrected chi connectivity index (χ1v) is 10.4. The normalized spacial score (nSPS) is 15.6. The van der Waals surface area contributed by atoms with Gasteiger partial charge in [0.05, 0.1) is 29.6 Å². The third-order valence-corrected chi connectivity index (χ3v) is 5.47. The van der Waals surface area contributed by atoms with Gasteiger partial charge in [0.15, 0.2) is 17.3 Å². The molecule has 0 aromatic carbocycles. The van der Waals surface area contributed by atoms with E-state index >= 15 is 0 Å². The zero-order valence-corrected chi connectivity index (χ0v) is 17.7. The first-order chi connectivity index (χ1) is 15.3. The van der Waals surface area contributed by atoms with Crippen molar-refractivity contribution in [3.63, 3.8) is 0 Å². The molecular weight excluding hydrogens is 420 g/mol. The molecule has 0 aliphatic heterocycles. The number of rotatable bonds is 3. The van der Waals surface area contributed by atoms with Gasteiger partial charge in [-0.2, -0.15) is 4.98 Å². The van der Waals surface area contributed by atoms with Crippen LogP contribution in [0.2, 0.25) is 0 Å². The summed E-state index contributed by atoms with van der Waals surface area (Å²) in [5.74, 6) is -0.633. The molecule has 0 unspecified atom stereocenters. The molecule has 5 N–H and O–H groups in total. The predicted octanol–water partition coefficient (Wildman–Crippen LogP) is 2.51. The molecule has 170 valence electrons. The molecule has 1 aliphatic rings. The second-order valence-electron chi connectivity index (χ2n) is 8.10. The summed E-state index contributed by atoms with van der Waals surface area (Å²) < 4.78 is 29.6. The van der Waals surface area contributed by atoms with Gasteiger partial charge >= 0.3 is 0 Å². The van der Waals surface area contributed by atoms with Crippen LogP contribution in [0, 0.1) is 5.82 Å². The third-order valence-electron chi connectivity index (χ3n) is 5.47. The van der Waals surface area contributed by atoms with E-state index in [0.29, 0.717) is 11.2 Å². The Morgan fingerprint density at radius 1 is 1.16 bits per heavy atom. The monoisotopic (exact) mass is 445 g/mol. The van der Waals surface area contributed by atoms with Crippen molar-refractivity contribution >= 4 is 28.4 Å². The van der Waals surface area contributed by atoms with Crippen molar-refractivity contribution in [2.24, 2.45) is 0 Å². The van der Waals surface area contributed by atoms with Crippen molar-refractivity contribution in [2.75, 3.05) is 18.1 Å². The van der Waals surface area contributed by atoms with E-state index in [-0.39, 0.29) is 40.7 Å². The molecule has 4 aromatic rings. The molecule has 0 atom stereocenters. The molecule has 0 radical (unpaired) electrons. The molecule has 0 spiro atoms. The summed E-state index contributed by atoms with van der Waals surface area (Å²) in [5.41, 5.74) is 12.5. The minimum atomic E-state index is -0.617. The Labute approximate surface area is 182 Å². The van der Waals surface area contributed by atoms with Gasteiger partial charge in [0, 0.05) is 0 Å². The summed E-state index contributed by atoms with van der Waals surface area (Å²) in [6.45, 7) is 1.33. The van der Waals surface area contributed by atoms with Crippen LogP contribution in [0.5, 0.6) is 0 Å². The van der Waals surface area contributed by atoms with Gasteiger partial charge in [-0.1, -0.05) is 24.5 Å². The van der Waals surface area contributed by atoms with Crippen molar-refractivity contribution in [1.29, 1.82) is 0 Å². The molecule has 32 heavy (non-hydrogen) atoms. The highest BCUT2D eigenvalue weighted by Gasteiger charge is 2.22. The van der Waals surface area contributed by atoms with Gasteiger partial charge < -0.3 is 16.6 Å². The average Bonchev–Trinajstić information content (AvgIpc) is 3.28. The van der Waals surface area contributed by atoms with E-state index in [1.165, 1.54) is 28.5 Å². The standard InChI is InChI=1S/C13H11F2N9.C7H14O/c14-3-4-23-12-8(20-22-23)2-1-7(18-12)9-6(15)5-24-10(9)11(16)19-13(17)21-24;1-7(8)5-3-2-4-6-7/h1-2,5H,3-4H2,(H4,16,17,19,21);8H,2-6H2,1H3. The Balaban J connectivity index is 0.000000260. The Morgan fingerprint density at radius 3 is 2.56 bits per heavy atom. The number of hydrogen-bond acceptors (Lipinski definition) is 8. The van der Waals surface area contributed by atoms with E-state index in [9.17, 15) is 13.9 Å². The van der Waals surface area contributed by atoms with Gasteiger partial charge in [-0.3, -0.25) is 0 Å². The van der Waals surface area contributed by atoms with Gasteiger partial charge in [0.2, 0.25) is 5.95 Å². The summed E-state index contributed by atoms with van der Waals surface area (Å²) >= 11 is 0. The molecule has 0 amide bonds. The molecule has 1 fully saturated rings. The van der Waals surface area contributed by atoms with Gasteiger partial charge in [-0.05, 0) is 31.9 Å². The van der Waals surface area contributed by atoms with Crippen LogP contribution in [0.15, 0.2) is 18.3 Å². The van der Waals surface area contributed by atoms with Gasteiger partial charge in [-0.25, -0.2) is 23.0 Å². The summed E-state index contributed by atoms with van der Waals surface area (Å²) in [6.07, 6.45) is 6.90. The number of pyridine rings is 1. The Morgan fingerprint density at radius 2 is 1.91 bits per heavy atom. The number of anilines is 2. The maximum Gasteiger partial charge on any atom is 0.240 e. The Bertz CT molecular complexity index is 1240. The van der Waals surface area contributed by atoms with Crippen molar-refractivity contribution in [3.8, 4) is 11.3 Å². The quantitative estimate of drug-likeness (QED) is 0.436. The highest BCUT2D eigenvalue weighted by atomic mass is 19.1. The second kappa shape index (κ2) is 8.61. The summed E-state index contributed by atoms with van der Waals surface area (Å²) in [7, 11) is 0. The van der Waals surface area contributed by atoms with Crippen LogP contribution in [0.25, 0.3) is 27.9 Å². The smallest absolute Gasteiger partial charge is 0.240 e. The number of aromatic nitrogens is 7. The second-order valence-corrected chi connectivity index (χ2v) is 8.10. The van der Waals surface area contributed by atoms with Crippen LogP contribution in [-0.4, -0.2) is 52.0 Å². The van der Waals surface area contributed by atoms with Crippen molar-refractivity contribution in [1.82, 2.24) is 34.6 Å². The summed E-state index contributed by atoms with van der Waals surface area (Å²) in [6, 6.07) is 3.20. The number of aryl methyl sites for hydroxylation is 1. The molecule has 0 saturated heterocycles. The Hall–Kier alpha value is -3.41. The largest absolute Gasteiger partial charge is 0.390 e. The number of halogens is 2. The van der Waals surface area contributed by atoms with Crippen LogP contribution < -0.4 is 11.5 Å². The number of fused-ring (bicyclic) bond motifs is 2. The highest BCUT2D eigenvalue weighted by molar-refractivity contribution is 5.88. The lowest BCUT2D eigenvalue weighted by Crippen LogP contribution is -2.26. The number of aliphatic hydroxyl groups is 1. The number of nitrogens with two attached hydrogens (primary N) is 2. The van der Waals surface area contributed by atoms with Crippen molar-refractivity contribution in [2.45, 2.75) is 51.2 Å². The maximum atomic E-state index is 14.5. The lowest BCUT2D eigenvalue weighted by atomic mass is 9.87. The fourth-order valence-corrected chi connectivity index (χ4v) is 3.88. The van der Waals surface area contributed by atoms with Gasteiger partial charge in [0.1, 0.15) is 17.7 Å². The molecular formula is C20H25F2N9O. The zero-order chi connectivity index (χ0) is 22.9. The van der Waals surface area contributed by atoms with Gasteiger partial charge in [-0.15, -0.1) is 10.2 Å². The van der Waals surface area contributed by atoms with Crippen LogP contribution in [0.4, 0.5) is 20.5 Å². The van der Waals surface area contributed by atoms with Crippen LogP contribution in [-0.2, 0) is 6.54 Å². The lowest BCUT2D eigenvalue weighted by Gasteiger charge is -2.27. The lowest BCUT2D eigenvalue weighted by molar-refractivity contribution is 0.0225. The number of hydrogen-bond donors (Lipinski definition) is 3. The fourth-order valence-electron chi connectivity index (χ4n) is 3.88.